The lowest BCUT2D eigenvalue weighted by Crippen LogP contribution is -2.44. The van der Waals surface area contributed by atoms with Gasteiger partial charge in [0.25, 0.3) is 0 Å². The van der Waals surface area contributed by atoms with Crippen LogP contribution in [-0.2, 0) is 14.6 Å². The van der Waals surface area contributed by atoms with Gasteiger partial charge in [-0.2, -0.15) is 0 Å². The van der Waals surface area contributed by atoms with E-state index in [9.17, 15) is 13.2 Å². The summed E-state index contributed by atoms with van der Waals surface area (Å²) >= 11 is 0. The predicted octanol–water partition coefficient (Wildman–Crippen LogP) is -2.06. The van der Waals surface area contributed by atoms with Gasteiger partial charge in [-0.05, 0) is 6.92 Å². The number of hydrogen-bond donors (Lipinski definition) is 3. The summed E-state index contributed by atoms with van der Waals surface area (Å²) < 4.78 is 21.4. The number of amides is 1. The van der Waals surface area contributed by atoms with Crippen LogP contribution < -0.4 is 5.32 Å². The molecular weight excluding hydrogens is 209 g/mol. The summed E-state index contributed by atoms with van der Waals surface area (Å²) in [6, 6.07) is 0. The molecule has 0 aromatic heterocycles. The average molecular weight is 223 g/mol. The minimum Gasteiger partial charge on any atom is -0.426 e. The minimum atomic E-state index is -3.16. The first-order valence-corrected chi connectivity index (χ1v) is 6.11. The van der Waals surface area contributed by atoms with Crippen LogP contribution in [0.5, 0.6) is 0 Å². The fourth-order valence-electron chi connectivity index (χ4n) is 0.679. The van der Waals surface area contributed by atoms with Crippen LogP contribution in [0, 0.1) is 0 Å². The van der Waals surface area contributed by atoms with Crippen LogP contribution in [0.25, 0.3) is 0 Å². The van der Waals surface area contributed by atoms with Crippen molar-refractivity contribution in [2.24, 2.45) is 0 Å². The number of sulfone groups is 1. The number of rotatable bonds is 5. The van der Waals surface area contributed by atoms with E-state index in [0.717, 1.165) is 6.26 Å². The molecule has 0 aliphatic carbocycles. The molecule has 14 heavy (non-hydrogen) atoms. The van der Waals surface area contributed by atoms with Crippen LogP contribution in [0.3, 0.4) is 0 Å². The van der Waals surface area contributed by atoms with Crippen molar-refractivity contribution in [3.8, 4) is 0 Å². The van der Waals surface area contributed by atoms with Gasteiger partial charge in [0.2, 0.25) is 5.91 Å². The van der Waals surface area contributed by atoms with E-state index < -0.39 is 28.8 Å². The Kier molecular flexibility index (Phi) is 5.10. The third-order valence-corrected chi connectivity index (χ3v) is 2.48. The molecule has 0 rings (SSSR count). The highest BCUT2D eigenvalue weighted by atomic mass is 32.2. The lowest BCUT2D eigenvalue weighted by molar-refractivity contribution is -0.121. The molecule has 82 valence electrons. The second kappa shape index (κ2) is 5.33. The zero-order chi connectivity index (χ0) is 11.4. The lowest BCUT2D eigenvalue weighted by atomic mass is 9.81. The normalized spacial score (nSPS) is 13.4. The largest absolute Gasteiger partial charge is 0.475 e. The van der Waals surface area contributed by atoms with E-state index in [-0.39, 0.29) is 12.2 Å². The van der Waals surface area contributed by atoms with Crippen molar-refractivity contribution < 1.29 is 23.3 Å². The van der Waals surface area contributed by atoms with Crippen LogP contribution in [0.15, 0.2) is 0 Å². The van der Waals surface area contributed by atoms with Gasteiger partial charge >= 0.3 is 7.12 Å². The van der Waals surface area contributed by atoms with Crippen molar-refractivity contribution in [1.29, 1.82) is 0 Å². The summed E-state index contributed by atoms with van der Waals surface area (Å²) in [5.41, 5.74) is 0. The molecule has 8 heteroatoms. The fourth-order valence-corrected chi connectivity index (χ4v) is 1.23. The van der Waals surface area contributed by atoms with Gasteiger partial charge in [0.05, 0.1) is 11.7 Å². The van der Waals surface area contributed by atoms with Gasteiger partial charge in [-0.25, -0.2) is 8.42 Å². The SMILES string of the molecule is CC(NC(=O)CCS(C)(=O)=O)B(O)O. The number of carbonyl (C=O) groups excluding carboxylic acids is 1. The number of nitrogens with one attached hydrogen (secondary N) is 1. The molecule has 1 amide bonds. The van der Waals surface area contributed by atoms with E-state index in [4.69, 9.17) is 10.0 Å². The van der Waals surface area contributed by atoms with Crippen molar-refractivity contribution in [3.63, 3.8) is 0 Å². The summed E-state index contributed by atoms with van der Waals surface area (Å²) in [6.07, 6.45) is 0.862. The minimum absolute atomic E-state index is 0.171. The Morgan fingerprint density at radius 3 is 2.36 bits per heavy atom. The molecule has 6 nitrogen and oxygen atoms in total. The highest BCUT2D eigenvalue weighted by Crippen LogP contribution is 1.91. The zero-order valence-electron chi connectivity index (χ0n) is 8.10. The van der Waals surface area contributed by atoms with Crippen LogP contribution in [0.1, 0.15) is 13.3 Å². The van der Waals surface area contributed by atoms with E-state index in [1.807, 2.05) is 0 Å². The molecule has 0 spiro atoms. The molecule has 3 N–H and O–H groups in total. The van der Waals surface area contributed by atoms with Crippen LogP contribution >= 0.6 is 0 Å². The molecule has 1 atom stereocenters. The monoisotopic (exact) mass is 223 g/mol. The van der Waals surface area contributed by atoms with Gasteiger partial charge in [-0.3, -0.25) is 4.79 Å². The molecule has 0 bridgehead atoms. The van der Waals surface area contributed by atoms with E-state index in [1.54, 1.807) is 0 Å². The second-order valence-electron chi connectivity index (χ2n) is 3.15. The van der Waals surface area contributed by atoms with Gasteiger partial charge in [-0.1, -0.05) is 0 Å². The molecule has 0 fully saturated rings. The maximum Gasteiger partial charge on any atom is 0.475 e. The molecule has 0 saturated carbocycles. The Morgan fingerprint density at radius 1 is 1.50 bits per heavy atom. The highest BCUT2D eigenvalue weighted by Gasteiger charge is 2.20. The predicted molar refractivity (Wildman–Crippen MR) is 52.1 cm³/mol. The third-order valence-electron chi connectivity index (χ3n) is 1.54. The van der Waals surface area contributed by atoms with Gasteiger partial charge in [0.15, 0.2) is 0 Å². The number of hydrogen-bond acceptors (Lipinski definition) is 5. The summed E-state index contributed by atoms with van der Waals surface area (Å²) in [7, 11) is -4.80. The fraction of sp³-hybridized carbons (Fsp3) is 0.833. The van der Waals surface area contributed by atoms with E-state index >= 15 is 0 Å². The van der Waals surface area contributed by atoms with Crippen LogP contribution in [0.4, 0.5) is 0 Å². The molecule has 0 radical (unpaired) electrons. The van der Waals surface area contributed by atoms with Crippen molar-refractivity contribution in [1.82, 2.24) is 5.32 Å². The van der Waals surface area contributed by atoms with E-state index in [2.05, 4.69) is 5.32 Å². The second-order valence-corrected chi connectivity index (χ2v) is 5.41. The standard InChI is InChI=1S/C6H14BNO5S/c1-5(7(10)11)8-6(9)3-4-14(2,12)13/h5,10-11H,3-4H2,1-2H3,(H,8,9). The first-order chi connectivity index (χ1) is 6.22. The van der Waals surface area contributed by atoms with Crippen LogP contribution in [0.2, 0.25) is 0 Å². The first kappa shape index (κ1) is 13.4. The first-order valence-electron chi connectivity index (χ1n) is 4.05. The summed E-state index contributed by atoms with van der Waals surface area (Å²) in [5.74, 6) is -1.56. The molecule has 1 unspecified atom stereocenters. The molecule has 0 aromatic carbocycles. The topological polar surface area (TPSA) is 104 Å². The van der Waals surface area contributed by atoms with Crippen LogP contribution in [-0.4, -0.2) is 49.4 Å². The Bertz CT molecular complexity index is 289. The van der Waals surface area contributed by atoms with Gasteiger partial charge in [0.1, 0.15) is 9.84 Å². The molecule has 0 aromatic rings. The summed E-state index contributed by atoms with van der Waals surface area (Å²) in [5, 5.41) is 19.5. The number of carbonyl (C=O) groups is 1. The smallest absolute Gasteiger partial charge is 0.426 e. The average Bonchev–Trinajstić information content (AvgIpc) is 1.99. The Hall–Kier alpha value is -0.595. The van der Waals surface area contributed by atoms with Gasteiger partial charge < -0.3 is 15.4 Å². The van der Waals surface area contributed by atoms with Gasteiger partial charge in [-0.15, -0.1) is 0 Å². The summed E-state index contributed by atoms with van der Waals surface area (Å²) in [6.45, 7) is 1.41. The van der Waals surface area contributed by atoms with Crippen molar-refractivity contribution in [2.75, 3.05) is 12.0 Å². The molecule has 0 heterocycles. The van der Waals surface area contributed by atoms with Crippen molar-refractivity contribution in [3.05, 3.63) is 0 Å². The third kappa shape index (κ3) is 6.87. The quantitative estimate of drug-likeness (QED) is 0.465. The van der Waals surface area contributed by atoms with E-state index in [0.29, 0.717) is 0 Å². The maximum absolute atomic E-state index is 11.0. The summed E-state index contributed by atoms with van der Waals surface area (Å²) in [4.78, 5) is 11.0. The van der Waals surface area contributed by atoms with E-state index in [1.165, 1.54) is 6.92 Å². The maximum atomic E-state index is 11.0. The molecular formula is C6H14BNO5S. The molecule has 0 aliphatic rings. The molecule has 0 saturated heterocycles. The Balaban J connectivity index is 3.89. The van der Waals surface area contributed by atoms with Gasteiger partial charge in [0, 0.05) is 12.7 Å². The van der Waals surface area contributed by atoms with Crippen molar-refractivity contribution >= 4 is 22.9 Å². The molecule has 0 aliphatic heterocycles. The highest BCUT2D eigenvalue weighted by molar-refractivity contribution is 7.90. The van der Waals surface area contributed by atoms with Crippen molar-refractivity contribution in [2.45, 2.75) is 19.3 Å². The Labute approximate surface area is 83.4 Å². The Morgan fingerprint density at radius 2 is 2.00 bits per heavy atom. The lowest BCUT2D eigenvalue weighted by Gasteiger charge is -2.11. The zero-order valence-corrected chi connectivity index (χ0v) is 8.91.